The number of amides is 1. The molecule has 1 aromatic rings. The number of hydrogen-bond donors (Lipinski definition) is 2. The maximum atomic E-state index is 12.1. The third kappa shape index (κ3) is 3.26. The van der Waals surface area contributed by atoms with Crippen molar-refractivity contribution in [3.05, 3.63) is 29.3 Å². The van der Waals surface area contributed by atoms with Crippen LogP contribution in [0.15, 0.2) is 18.2 Å². The van der Waals surface area contributed by atoms with Gasteiger partial charge in [-0.25, -0.2) is 0 Å². The molecule has 1 aliphatic heterocycles. The van der Waals surface area contributed by atoms with Crippen LogP contribution in [-0.2, 0) is 0 Å². The van der Waals surface area contributed by atoms with E-state index in [9.17, 15) is 4.79 Å². The van der Waals surface area contributed by atoms with E-state index in [2.05, 4.69) is 17.6 Å². The van der Waals surface area contributed by atoms with Gasteiger partial charge in [0.15, 0.2) is 0 Å². The van der Waals surface area contributed by atoms with Crippen molar-refractivity contribution in [2.75, 3.05) is 20.2 Å². The lowest BCUT2D eigenvalue weighted by Crippen LogP contribution is -2.47. The van der Waals surface area contributed by atoms with Crippen LogP contribution in [0.2, 0.25) is 0 Å². The summed E-state index contributed by atoms with van der Waals surface area (Å²) in [5.41, 5.74) is 1.71. The highest BCUT2D eigenvalue weighted by Gasteiger charge is 2.28. The number of carbonyl (C=O) groups excluding carboxylic acids is 1. The summed E-state index contributed by atoms with van der Waals surface area (Å²) in [7, 11) is 1.62. The third-order valence-electron chi connectivity index (χ3n) is 3.77. The summed E-state index contributed by atoms with van der Waals surface area (Å²) in [5.74, 6) is 0.700. The molecule has 1 aromatic carbocycles. The molecule has 0 bridgehead atoms. The topological polar surface area (TPSA) is 50.4 Å². The zero-order valence-corrected chi connectivity index (χ0v) is 11.9. The Morgan fingerprint density at radius 1 is 1.53 bits per heavy atom. The third-order valence-corrected chi connectivity index (χ3v) is 3.77. The minimum Gasteiger partial charge on any atom is -0.496 e. The summed E-state index contributed by atoms with van der Waals surface area (Å²) in [6, 6.07) is 5.52. The molecule has 104 valence electrons. The van der Waals surface area contributed by atoms with Gasteiger partial charge in [-0.1, -0.05) is 6.07 Å². The van der Waals surface area contributed by atoms with Crippen LogP contribution in [0.4, 0.5) is 0 Å². The zero-order chi connectivity index (χ0) is 13.9. The molecule has 2 rings (SSSR count). The molecule has 1 heterocycles. The molecular formula is C15H22N2O2. The van der Waals surface area contributed by atoms with E-state index >= 15 is 0 Å². The number of carbonyl (C=O) groups is 1. The van der Waals surface area contributed by atoms with Gasteiger partial charge < -0.3 is 15.4 Å². The van der Waals surface area contributed by atoms with Crippen LogP contribution in [0, 0.1) is 6.92 Å². The Labute approximate surface area is 114 Å². The van der Waals surface area contributed by atoms with Gasteiger partial charge in [0, 0.05) is 17.6 Å². The molecule has 0 aromatic heterocycles. The van der Waals surface area contributed by atoms with Gasteiger partial charge in [-0.2, -0.15) is 0 Å². The first kappa shape index (κ1) is 13.9. The number of hydrogen-bond acceptors (Lipinski definition) is 3. The molecule has 1 saturated heterocycles. The molecule has 0 radical (unpaired) electrons. The number of aryl methyl sites for hydroxylation is 1. The molecule has 4 nitrogen and oxygen atoms in total. The number of rotatable bonds is 4. The average molecular weight is 262 g/mol. The van der Waals surface area contributed by atoms with Crippen LogP contribution >= 0.6 is 0 Å². The molecule has 0 aliphatic carbocycles. The van der Waals surface area contributed by atoms with Crippen LogP contribution < -0.4 is 15.4 Å². The summed E-state index contributed by atoms with van der Waals surface area (Å²) in [6.07, 6.45) is 2.27. The highest BCUT2D eigenvalue weighted by Crippen LogP contribution is 2.20. The second-order valence-corrected chi connectivity index (χ2v) is 5.46. The first-order valence-electron chi connectivity index (χ1n) is 6.72. The van der Waals surface area contributed by atoms with E-state index in [0.29, 0.717) is 12.1 Å². The van der Waals surface area contributed by atoms with Gasteiger partial charge in [-0.3, -0.25) is 4.79 Å². The summed E-state index contributed by atoms with van der Waals surface area (Å²) < 4.78 is 5.24. The molecule has 1 amide bonds. The van der Waals surface area contributed by atoms with Gasteiger partial charge in [0.2, 0.25) is 0 Å². The minimum absolute atomic E-state index is 0.0322. The number of nitrogens with one attached hydrogen (secondary N) is 2. The smallest absolute Gasteiger partial charge is 0.251 e. The predicted molar refractivity (Wildman–Crippen MR) is 75.7 cm³/mol. The molecule has 4 heteroatoms. The van der Waals surface area contributed by atoms with E-state index in [1.807, 2.05) is 19.1 Å². The summed E-state index contributed by atoms with van der Waals surface area (Å²) in [5, 5.41) is 6.43. The van der Waals surface area contributed by atoms with Gasteiger partial charge >= 0.3 is 0 Å². The number of methoxy groups -OCH3 is 1. The molecule has 1 aliphatic rings. The SMILES string of the molecule is COc1cc(C(=O)NCC2(C)CCCN2)ccc1C. The highest BCUT2D eigenvalue weighted by atomic mass is 16.5. The fourth-order valence-corrected chi connectivity index (χ4v) is 2.45. The van der Waals surface area contributed by atoms with Crippen LogP contribution in [0.3, 0.4) is 0 Å². The highest BCUT2D eigenvalue weighted by molar-refractivity contribution is 5.94. The van der Waals surface area contributed by atoms with Crippen molar-refractivity contribution >= 4 is 5.91 Å². The van der Waals surface area contributed by atoms with Crippen LogP contribution in [0.25, 0.3) is 0 Å². The standard InChI is InChI=1S/C15H22N2O2/c1-11-5-6-12(9-13(11)19-3)14(18)16-10-15(2)7-4-8-17-15/h5-6,9,17H,4,7-8,10H2,1-3H3,(H,16,18). The van der Waals surface area contributed by atoms with E-state index in [-0.39, 0.29) is 11.4 Å². The fourth-order valence-electron chi connectivity index (χ4n) is 2.45. The molecule has 0 spiro atoms. The van der Waals surface area contributed by atoms with Gasteiger partial charge in [0.05, 0.1) is 7.11 Å². The molecule has 2 N–H and O–H groups in total. The molecule has 0 saturated carbocycles. The Balaban J connectivity index is 1.99. The molecule has 1 fully saturated rings. The second-order valence-electron chi connectivity index (χ2n) is 5.46. The van der Waals surface area contributed by atoms with Crippen molar-refractivity contribution in [3.8, 4) is 5.75 Å². The van der Waals surface area contributed by atoms with E-state index in [1.165, 1.54) is 6.42 Å². The van der Waals surface area contributed by atoms with Gasteiger partial charge in [0.25, 0.3) is 5.91 Å². The Morgan fingerprint density at radius 2 is 2.32 bits per heavy atom. The summed E-state index contributed by atoms with van der Waals surface area (Å²) >= 11 is 0. The van der Waals surface area contributed by atoms with Crippen molar-refractivity contribution in [3.63, 3.8) is 0 Å². The van der Waals surface area contributed by atoms with Crippen molar-refractivity contribution in [2.45, 2.75) is 32.2 Å². The predicted octanol–water partition coefficient (Wildman–Crippen LogP) is 1.88. The molecular weight excluding hydrogens is 240 g/mol. The normalized spacial score (nSPS) is 22.3. The van der Waals surface area contributed by atoms with E-state index in [4.69, 9.17) is 4.74 Å². The summed E-state index contributed by atoms with van der Waals surface area (Å²) in [6.45, 7) is 5.80. The Hall–Kier alpha value is -1.55. The lowest BCUT2D eigenvalue weighted by molar-refractivity contribution is 0.0942. The van der Waals surface area contributed by atoms with Crippen molar-refractivity contribution < 1.29 is 9.53 Å². The number of ether oxygens (including phenoxy) is 1. The lowest BCUT2D eigenvalue weighted by atomic mass is 10.0. The fraction of sp³-hybridized carbons (Fsp3) is 0.533. The quantitative estimate of drug-likeness (QED) is 0.871. The first-order valence-corrected chi connectivity index (χ1v) is 6.72. The van der Waals surface area contributed by atoms with Crippen molar-refractivity contribution in [1.82, 2.24) is 10.6 Å². The number of benzene rings is 1. The van der Waals surface area contributed by atoms with E-state index < -0.39 is 0 Å². The average Bonchev–Trinajstić information content (AvgIpc) is 2.84. The van der Waals surface area contributed by atoms with Gasteiger partial charge in [-0.15, -0.1) is 0 Å². The summed E-state index contributed by atoms with van der Waals surface area (Å²) in [4.78, 5) is 12.1. The zero-order valence-electron chi connectivity index (χ0n) is 11.9. The molecule has 1 atom stereocenters. The maximum absolute atomic E-state index is 12.1. The minimum atomic E-state index is -0.0479. The Bertz CT molecular complexity index is 465. The first-order chi connectivity index (χ1) is 9.04. The van der Waals surface area contributed by atoms with E-state index in [1.54, 1.807) is 13.2 Å². The molecule has 19 heavy (non-hydrogen) atoms. The second kappa shape index (κ2) is 5.61. The van der Waals surface area contributed by atoms with Crippen molar-refractivity contribution in [2.24, 2.45) is 0 Å². The van der Waals surface area contributed by atoms with Gasteiger partial charge in [-0.05, 0) is 50.9 Å². The van der Waals surface area contributed by atoms with Gasteiger partial charge in [0.1, 0.15) is 5.75 Å². The maximum Gasteiger partial charge on any atom is 0.251 e. The lowest BCUT2D eigenvalue weighted by Gasteiger charge is -2.24. The Morgan fingerprint density at radius 3 is 2.95 bits per heavy atom. The van der Waals surface area contributed by atoms with Crippen LogP contribution in [-0.4, -0.2) is 31.6 Å². The molecule has 1 unspecified atom stereocenters. The largest absolute Gasteiger partial charge is 0.496 e. The Kier molecular flexibility index (Phi) is 4.10. The van der Waals surface area contributed by atoms with Crippen molar-refractivity contribution in [1.29, 1.82) is 0 Å². The van der Waals surface area contributed by atoms with Crippen LogP contribution in [0.1, 0.15) is 35.7 Å². The van der Waals surface area contributed by atoms with E-state index in [0.717, 1.165) is 24.3 Å². The monoisotopic (exact) mass is 262 g/mol. The van der Waals surface area contributed by atoms with Crippen LogP contribution in [0.5, 0.6) is 5.75 Å².